The molecule has 6 heteroatoms. The van der Waals surface area contributed by atoms with E-state index in [0.717, 1.165) is 0 Å². The summed E-state index contributed by atoms with van der Waals surface area (Å²) >= 11 is 0. The summed E-state index contributed by atoms with van der Waals surface area (Å²) in [5.74, 6) is -0.299. The smallest absolute Gasteiger partial charge is 0.377 e. The molecule has 1 aliphatic heterocycles. The van der Waals surface area contributed by atoms with Gasteiger partial charge in [-0.1, -0.05) is 20.8 Å². The summed E-state index contributed by atoms with van der Waals surface area (Å²) < 4.78 is 40.6. The van der Waals surface area contributed by atoms with Gasteiger partial charge in [-0.25, -0.2) is 0 Å². The van der Waals surface area contributed by atoms with Crippen molar-refractivity contribution in [3.63, 3.8) is 0 Å². The minimum Gasteiger partial charge on any atom is -0.377 e. The summed E-state index contributed by atoms with van der Waals surface area (Å²) in [5, 5.41) is 11.8. The fourth-order valence-electron chi connectivity index (χ4n) is 4.76. The molecule has 2 unspecified atom stereocenters. The lowest BCUT2D eigenvalue weighted by Gasteiger charge is -2.46. The molecule has 3 fully saturated rings. The van der Waals surface area contributed by atoms with Gasteiger partial charge in [-0.15, -0.1) is 0 Å². The van der Waals surface area contributed by atoms with Crippen LogP contribution in [0.15, 0.2) is 0 Å². The van der Waals surface area contributed by atoms with Gasteiger partial charge in [-0.3, -0.25) is 4.84 Å². The first-order chi connectivity index (χ1) is 7.97. The number of alkyl halides is 3. The fourth-order valence-corrected chi connectivity index (χ4v) is 4.76. The van der Waals surface area contributed by atoms with Crippen LogP contribution in [0.4, 0.5) is 13.2 Å². The second kappa shape index (κ2) is 2.74. The third-order valence-electron chi connectivity index (χ3n) is 6.14. The van der Waals surface area contributed by atoms with E-state index in [0.29, 0.717) is 12.8 Å². The fraction of sp³-hybridized carbons (Fsp3) is 1.00. The van der Waals surface area contributed by atoms with Crippen LogP contribution in [0.5, 0.6) is 0 Å². The van der Waals surface area contributed by atoms with Gasteiger partial charge in [0.05, 0.1) is 0 Å². The zero-order valence-electron chi connectivity index (χ0n) is 10.9. The number of hydrogen-bond donors (Lipinski definition) is 1. The van der Waals surface area contributed by atoms with Crippen LogP contribution in [-0.2, 0) is 4.84 Å². The minimum absolute atomic E-state index is 0.299. The molecule has 0 aromatic rings. The van der Waals surface area contributed by atoms with Crippen molar-refractivity contribution in [1.29, 1.82) is 0 Å². The predicted molar refractivity (Wildman–Crippen MR) is 57.2 cm³/mol. The van der Waals surface area contributed by atoms with E-state index in [1.165, 1.54) is 12.1 Å². The number of rotatable bonds is 0. The van der Waals surface area contributed by atoms with Gasteiger partial charge in [0.25, 0.3) is 0 Å². The van der Waals surface area contributed by atoms with E-state index in [-0.39, 0.29) is 5.92 Å². The lowest BCUT2D eigenvalue weighted by Crippen LogP contribution is -2.65. The van der Waals surface area contributed by atoms with Crippen LogP contribution in [0.25, 0.3) is 0 Å². The van der Waals surface area contributed by atoms with Gasteiger partial charge in [-0.05, 0) is 18.3 Å². The minimum atomic E-state index is -4.70. The van der Waals surface area contributed by atoms with Crippen LogP contribution >= 0.6 is 0 Å². The summed E-state index contributed by atoms with van der Waals surface area (Å²) in [5.41, 5.74) is -6.20. The normalized spacial score (nSPS) is 57.3. The molecule has 3 nitrogen and oxygen atoms in total. The highest BCUT2D eigenvalue weighted by atomic mass is 19.4. The topological polar surface area (TPSA) is 35.8 Å². The summed E-state index contributed by atoms with van der Waals surface area (Å²) in [6, 6.07) is 0. The summed E-state index contributed by atoms with van der Waals surface area (Å²) in [7, 11) is 1.47. The molecule has 1 N–H and O–H groups in total. The average molecular weight is 265 g/mol. The van der Waals surface area contributed by atoms with E-state index in [9.17, 15) is 18.3 Å². The van der Waals surface area contributed by atoms with Crippen LogP contribution in [0, 0.1) is 16.7 Å². The lowest BCUT2D eigenvalue weighted by molar-refractivity contribution is -0.321. The molecule has 3 aliphatic rings. The predicted octanol–water partition coefficient (Wildman–Crippen LogP) is 2.31. The maximum atomic E-state index is 13.5. The van der Waals surface area contributed by atoms with E-state index in [1.807, 2.05) is 13.8 Å². The maximum Gasteiger partial charge on any atom is 0.422 e. The summed E-state index contributed by atoms with van der Waals surface area (Å²) in [4.78, 5) is 5.21. The third kappa shape index (κ3) is 0.859. The highest BCUT2D eigenvalue weighted by Gasteiger charge is 2.94. The molecule has 104 valence electrons. The largest absolute Gasteiger partial charge is 0.422 e. The van der Waals surface area contributed by atoms with E-state index < -0.39 is 28.3 Å². The van der Waals surface area contributed by atoms with Crippen molar-refractivity contribution in [2.45, 2.75) is 51.1 Å². The number of likely N-dealkylation sites (N-methyl/N-ethyl adjacent to an activating group) is 1. The molecule has 3 rings (SSSR count). The molecule has 1 spiro atoms. The van der Waals surface area contributed by atoms with Gasteiger partial charge < -0.3 is 5.11 Å². The average Bonchev–Trinajstić information content (AvgIpc) is 2.75. The van der Waals surface area contributed by atoms with Crippen LogP contribution < -0.4 is 0 Å². The summed E-state index contributed by atoms with van der Waals surface area (Å²) in [6.45, 7) is 5.17. The van der Waals surface area contributed by atoms with E-state index >= 15 is 0 Å². The molecule has 2 aliphatic carbocycles. The number of halogens is 3. The number of hydrogen-bond acceptors (Lipinski definition) is 3. The Kier molecular flexibility index (Phi) is 1.93. The Morgan fingerprint density at radius 1 is 1.28 bits per heavy atom. The standard InChI is InChI=1S/C12H18F3NO2/c1-8(2)7-5-6-9(8,3)11(17,12(13,14)15)10(7)16(4)18-10/h7,17H,5-6H2,1-4H3/t7?,9-,10-,11+,16?/m1/s1. The Hall–Kier alpha value is -0.330. The number of hydroxylamine groups is 2. The Balaban J connectivity index is 2.25. The molecule has 0 radical (unpaired) electrons. The second-order valence-electron chi connectivity index (χ2n) is 6.64. The van der Waals surface area contributed by atoms with Crippen molar-refractivity contribution in [3.8, 4) is 0 Å². The quantitative estimate of drug-likeness (QED) is 0.683. The Labute approximate surface area is 104 Å². The molecule has 0 amide bonds. The zero-order chi connectivity index (χ0) is 13.8. The molecule has 5 atom stereocenters. The van der Waals surface area contributed by atoms with E-state index in [2.05, 4.69) is 0 Å². The van der Waals surface area contributed by atoms with Gasteiger partial charge >= 0.3 is 6.18 Å². The van der Waals surface area contributed by atoms with Crippen LogP contribution in [0.2, 0.25) is 0 Å². The number of aliphatic hydroxyl groups is 1. The molecular formula is C12H18F3NO2. The Morgan fingerprint density at radius 2 is 1.78 bits per heavy atom. The summed E-state index contributed by atoms with van der Waals surface area (Å²) in [6.07, 6.45) is -3.66. The molecule has 0 aromatic carbocycles. The highest BCUT2D eigenvalue weighted by Crippen LogP contribution is 2.80. The van der Waals surface area contributed by atoms with Crippen molar-refractivity contribution in [2.75, 3.05) is 7.05 Å². The first kappa shape index (κ1) is 12.7. The van der Waals surface area contributed by atoms with Crippen LogP contribution in [-0.4, -0.2) is 34.7 Å². The van der Waals surface area contributed by atoms with Crippen molar-refractivity contribution in [3.05, 3.63) is 0 Å². The molecule has 0 aromatic heterocycles. The van der Waals surface area contributed by atoms with Crippen molar-refractivity contribution < 1.29 is 23.1 Å². The molecule has 1 heterocycles. The van der Waals surface area contributed by atoms with Gasteiger partial charge in [0.2, 0.25) is 11.3 Å². The number of nitrogens with zero attached hydrogens (tertiary/aromatic N) is 1. The zero-order valence-corrected chi connectivity index (χ0v) is 10.9. The van der Waals surface area contributed by atoms with Gasteiger partial charge in [0.1, 0.15) is 0 Å². The molecule has 1 saturated heterocycles. The van der Waals surface area contributed by atoms with E-state index in [4.69, 9.17) is 4.84 Å². The Bertz CT molecular complexity index is 424. The first-order valence-electron chi connectivity index (χ1n) is 6.19. The van der Waals surface area contributed by atoms with Gasteiger partial charge in [0, 0.05) is 18.4 Å². The lowest BCUT2D eigenvalue weighted by atomic mass is 9.63. The van der Waals surface area contributed by atoms with Gasteiger partial charge in [-0.2, -0.15) is 18.2 Å². The monoisotopic (exact) mass is 265 g/mol. The highest BCUT2D eigenvalue weighted by molar-refractivity contribution is 5.33. The van der Waals surface area contributed by atoms with Crippen LogP contribution in [0.1, 0.15) is 33.6 Å². The third-order valence-corrected chi connectivity index (χ3v) is 6.14. The number of fused-ring (bicyclic) bond motifs is 3. The SMILES string of the molecule is CN1O[C@@]12C1CC[C@](C)(C1(C)C)[C@@]2(O)C(F)(F)F. The molecule has 2 bridgehead atoms. The van der Waals surface area contributed by atoms with Crippen molar-refractivity contribution in [2.24, 2.45) is 16.7 Å². The van der Waals surface area contributed by atoms with Crippen molar-refractivity contribution >= 4 is 0 Å². The maximum absolute atomic E-state index is 13.5. The van der Waals surface area contributed by atoms with E-state index in [1.54, 1.807) is 6.92 Å². The van der Waals surface area contributed by atoms with Crippen LogP contribution in [0.3, 0.4) is 0 Å². The van der Waals surface area contributed by atoms with Crippen molar-refractivity contribution in [1.82, 2.24) is 5.06 Å². The molecule has 18 heavy (non-hydrogen) atoms. The Morgan fingerprint density at radius 3 is 2.11 bits per heavy atom. The molecule has 2 saturated carbocycles. The molecular weight excluding hydrogens is 247 g/mol. The second-order valence-corrected chi connectivity index (χ2v) is 6.64. The van der Waals surface area contributed by atoms with Gasteiger partial charge in [0.15, 0.2) is 0 Å². The first-order valence-corrected chi connectivity index (χ1v) is 6.19.